The summed E-state index contributed by atoms with van der Waals surface area (Å²) in [5.74, 6) is -0.828. The average molecular weight is 291 g/mol. The summed E-state index contributed by atoms with van der Waals surface area (Å²) in [6.45, 7) is 3.87. The lowest BCUT2D eigenvalue weighted by atomic mass is 10.0. The summed E-state index contributed by atoms with van der Waals surface area (Å²) in [6.07, 6.45) is 2.27. The van der Waals surface area contributed by atoms with Crippen molar-refractivity contribution in [1.29, 1.82) is 0 Å². The first-order valence-corrected chi connectivity index (χ1v) is 7.27. The standard InChI is InChI=1S/C16H21NO4/c1-10(2)21-12-8-6-11(7-9-12)15(18)17-14-5-3-4-13(14)16(19)20/h6-10,13-14H,3-5H2,1-2H3,(H,17,18)(H,19,20). The lowest BCUT2D eigenvalue weighted by Crippen LogP contribution is -2.40. The van der Waals surface area contributed by atoms with Gasteiger partial charge in [-0.25, -0.2) is 0 Å². The Kier molecular flexibility index (Phi) is 4.83. The second-order valence-electron chi connectivity index (χ2n) is 5.65. The Morgan fingerprint density at radius 2 is 1.90 bits per heavy atom. The number of rotatable bonds is 5. The number of ether oxygens (including phenoxy) is 1. The highest BCUT2D eigenvalue weighted by molar-refractivity contribution is 5.94. The molecule has 2 N–H and O–H groups in total. The van der Waals surface area contributed by atoms with Crippen molar-refractivity contribution in [1.82, 2.24) is 5.32 Å². The van der Waals surface area contributed by atoms with Gasteiger partial charge in [0.1, 0.15) is 5.75 Å². The normalized spacial score (nSPS) is 21.3. The van der Waals surface area contributed by atoms with Gasteiger partial charge in [0.15, 0.2) is 0 Å². The molecule has 2 unspecified atom stereocenters. The highest BCUT2D eigenvalue weighted by Crippen LogP contribution is 2.26. The summed E-state index contributed by atoms with van der Waals surface area (Å²) in [7, 11) is 0. The Labute approximate surface area is 124 Å². The van der Waals surface area contributed by atoms with Gasteiger partial charge in [-0.05, 0) is 51.0 Å². The molecule has 5 heteroatoms. The maximum atomic E-state index is 12.2. The van der Waals surface area contributed by atoms with Gasteiger partial charge in [-0.1, -0.05) is 6.42 Å². The highest BCUT2D eigenvalue weighted by Gasteiger charge is 2.33. The van der Waals surface area contributed by atoms with Gasteiger partial charge in [0.05, 0.1) is 12.0 Å². The zero-order chi connectivity index (χ0) is 15.4. The van der Waals surface area contributed by atoms with Crippen LogP contribution >= 0.6 is 0 Å². The number of carboxylic acids is 1. The number of carbonyl (C=O) groups excluding carboxylic acids is 1. The maximum Gasteiger partial charge on any atom is 0.308 e. The molecule has 2 rings (SSSR count). The number of carbonyl (C=O) groups is 2. The molecule has 0 saturated heterocycles. The molecule has 0 aromatic heterocycles. The first-order chi connectivity index (χ1) is 9.97. The summed E-state index contributed by atoms with van der Waals surface area (Å²) in [5.41, 5.74) is 0.516. The van der Waals surface area contributed by atoms with Crippen molar-refractivity contribution in [2.24, 2.45) is 5.92 Å². The molecule has 21 heavy (non-hydrogen) atoms. The Morgan fingerprint density at radius 1 is 1.24 bits per heavy atom. The van der Waals surface area contributed by atoms with Crippen LogP contribution in [0.2, 0.25) is 0 Å². The van der Waals surface area contributed by atoms with E-state index < -0.39 is 11.9 Å². The van der Waals surface area contributed by atoms with Crippen molar-refractivity contribution in [2.75, 3.05) is 0 Å². The van der Waals surface area contributed by atoms with Gasteiger partial charge in [-0.2, -0.15) is 0 Å². The van der Waals surface area contributed by atoms with Crippen LogP contribution in [0, 0.1) is 5.92 Å². The SMILES string of the molecule is CC(C)Oc1ccc(C(=O)NC2CCCC2C(=O)O)cc1. The van der Waals surface area contributed by atoms with Crippen LogP contribution in [-0.2, 0) is 4.79 Å². The van der Waals surface area contributed by atoms with Gasteiger partial charge in [0, 0.05) is 11.6 Å². The first kappa shape index (κ1) is 15.4. The minimum Gasteiger partial charge on any atom is -0.491 e. The molecule has 0 spiro atoms. The molecule has 1 aromatic rings. The molecule has 0 radical (unpaired) electrons. The average Bonchev–Trinajstić information content (AvgIpc) is 2.87. The minimum absolute atomic E-state index is 0.0829. The lowest BCUT2D eigenvalue weighted by Gasteiger charge is -2.17. The summed E-state index contributed by atoms with van der Waals surface area (Å²) in [6, 6.07) is 6.60. The molecule has 1 aliphatic rings. The zero-order valence-corrected chi connectivity index (χ0v) is 12.3. The van der Waals surface area contributed by atoms with E-state index in [9.17, 15) is 9.59 Å². The van der Waals surface area contributed by atoms with Crippen LogP contribution in [0.3, 0.4) is 0 Å². The predicted octanol–water partition coefficient (Wildman–Crippen LogP) is 2.46. The zero-order valence-electron chi connectivity index (χ0n) is 12.3. The van der Waals surface area contributed by atoms with Crippen molar-refractivity contribution in [3.8, 4) is 5.75 Å². The van der Waals surface area contributed by atoms with Crippen molar-refractivity contribution >= 4 is 11.9 Å². The molecular formula is C16H21NO4. The van der Waals surface area contributed by atoms with Gasteiger partial charge >= 0.3 is 5.97 Å². The second-order valence-corrected chi connectivity index (χ2v) is 5.65. The molecule has 1 fully saturated rings. The van der Waals surface area contributed by atoms with E-state index in [4.69, 9.17) is 9.84 Å². The number of amides is 1. The van der Waals surface area contributed by atoms with Crippen LogP contribution in [0.15, 0.2) is 24.3 Å². The Hall–Kier alpha value is -2.04. The molecule has 2 atom stereocenters. The number of benzene rings is 1. The van der Waals surface area contributed by atoms with Gasteiger partial charge in [0.2, 0.25) is 0 Å². The van der Waals surface area contributed by atoms with E-state index in [0.717, 1.165) is 12.8 Å². The minimum atomic E-state index is -0.835. The quantitative estimate of drug-likeness (QED) is 0.873. The summed E-state index contributed by atoms with van der Waals surface area (Å²) < 4.78 is 5.52. The van der Waals surface area contributed by atoms with Crippen molar-refractivity contribution < 1.29 is 19.4 Å². The van der Waals surface area contributed by atoms with E-state index >= 15 is 0 Å². The Morgan fingerprint density at radius 3 is 2.48 bits per heavy atom. The monoisotopic (exact) mass is 291 g/mol. The maximum absolute atomic E-state index is 12.2. The van der Waals surface area contributed by atoms with Gasteiger partial charge < -0.3 is 15.2 Å². The van der Waals surface area contributed by atoms with Crippen LogP contribution in [0.1, 0.15) is 43.5 Å². The largest absolute Gasteiger partial charge is 0.491 e. The summed E-state index contributed by atoms with van der Waals surface area (Å²) in [4.78, 5) is 23.3. The van der Waals surface area contributed by atoms with Gasteiger partial charge in [-0.15, -0.1) is 0 Å². The molecule has 1 saturated carbocycles. The number of hydrogen-bond donors (Lipinski definition) is 2. The molecule has 5 nitrogen and oxygen atoms in total. The van der Waals surface area contributed by atoms with Gasteiger partial charge in [0.25, 0.3) is 5.91 Å². The van der Waals surface area contributed by atoms with E-state index in [1.165, 1.54) is 0 Å². The summed E-state index contributed by atoms with van der Waals surface area (Å²) >= 11 is 0. The van der Waals surface area contributed by atoms with E-state index in [0.29, 0.717) is 17.7 Å². The highest BCUT2D eigenvalue weighted by atomic mass is 16.5. The van der Waals surface area contributed by atoms with Crippen LogP contribution in [0.5, 0.6) is 5.75 Å². The molecule has 1 amide bonds. The number of carboxylic acid groups (broad SMARTS) is 1. The van der Waals surface area contributed by atoms with E-state index in [2.05, 4.69) is 5.32 Å². The molecule has 0 bridgehead atoms. The molecular weight excluding hydrogens is 270 g/mol. The lowest BCUT2D eigenvalue weighted by molar-refractivity contribution is -0.142. The van der Waals surface area contributed by atoms with E-state index in [1.807, 2.05) is 13.8 Å². The van der Waals surface area contributed by atoms with Crippen LogP contribution in [0.25, 0.3) is 0 Å². The molecule has 114 valence electrons. The number of hydrogen-bond acceptors (Lipinski definition) is 3. The molecule has 0 heterocycles. The van der Waals surface area contributed by atoms with Crippen LogP contribution in [0.4, 0.5) is 0 Å². The molecule has 1 aliphatic carbocycles. The molecule has 1 aromatic carbocycles. The Bertz CT molecular complexity index is 510. The third kappa shape index (κ3) is 3.97. The van der Waals surface area contributed by atoms with E-state index in [1.54, 1.807) is 24.3 Å². The third-order valence-corrected chi connectivity index (χ3v) is 3.64. The second kappa shape index (κ2) is 6.61. The molecule has 0 aliphatic heterocycles. The topological polar surface area (TPSA) is 75.6 Å². The van der Waals surface area contributed by atoms with E-state index in [-0.39, 0.29) is 18.1 Å². The summed E-state index contributed by atoms with van der Waals surface area (Å²) in [5, 5.41) is 11.9. The fourth-order valence-electron chi connectivity index (χ4n) is 2.64. The van der Waals surface area contributed by atoms with Crippen LogP contribution in [-0.4, -0.2) is 29.1 Å². The first-order valence-electron chi connectivity index (χ1n) is 7.27. The number of nitrogens with one attached hydrogen (secondary N) is 1. The van der Waals surface area contributed by atoms with Crippen molar-refractivity contribution in [2.45, 2.75) is 45.3 Å². The Balaban J connectivity index is 1.98. The predicted molar refractivity (Wildman–Crippen MR) is 78.4 cm³/mol. The number of aliphatic carboxylic acids is 1. The van der Waals surface area contributed by atoms with Crippen LogP contribution < -0.4 is 10.1 Å². The van der Waals surface area contributed by atoms with Crippen molar-refractivity contribution in [3.05, 3.63) is 29.8 Å². The van der Waals surface area contributed by atoms with Crippen molar-refractivity contribution in [3.63, 3.8) is 0 Å². The fourth-order valence-corrected chi connectivity index (χ4v) is 2.64. The smallest absolute Gasteiger partial charge is 0.308 e. The fraction of sp³-hybridized carbons (Fsp3) is 0.500. The third-order valence-electron chi connectivity index (χ3n) is 3.64. The van der Waals surface area contributed by atoms with Gasteiger partial charge in [-0.3, -0.25) is 9.59 Å².